The smallest absolute Gasteiger partial charge is 0.254 e. The van der Waals surface area contributed by atoms with Crippen LogP contribution in [0, 0.1) is 0 Å². The van der Waals surface area contributed by atoms with Crippen LogP contribution >= 0.6 is 15.9 Å². The molecule has 2 aromatic rings. The normalized spacial score (nSPS) is 15.7. The molecule has 3 heterocycles. The van der Waals surface area contributed by atoms with Gasteiger partial charge >= 0.3 is 0 Å². The Hall–Kier alpha value is -1.67. The molecule has 0 amide bonds. The van der Waals surface area contributed by atoms with Crippen molar-refractivity contribution in [1.29, 1.82) is 0 Å². The van der Waals surface area contributed by atoms with E-state index in [1.54, 1.807) is 17.1 Å². The van der Waals surface area contributed by atoms with Crippen molar-refractivity contribution < 1.29 is 4.74 Å². The quantitative estimate of drug-likeness (QED) is 0.881. The zero-order chi connectivity index (χ0) is 13.2. The summed E-state index contributed by atoms with van der Waals surface area (Å²) in [4.78, 5) is 10.9. The van der Waals surface area contributed by atoms with Crippen LogP contribution in [0.15, 0.2) is 22.9 Å². The van der Waals surface area contributed by atoms with Crippen LogP contribution in [-0.2, 0) is 4.74 Å². The fraction of sp³-hybridized carbons (Fsp3) is 0.364. The van der Waals surface area contributed by atoms with Gasteiger partial charge in [0.1, 0.15) is 10.3 Å². The summed E-state index contributed by atoms with van der Waals surface area (Å²) in [6.07, 6.45) is 3.46. The molecule has 1 saturated heterocycles. The van der Waals surface area contributed by atoms with E-state index < -0.39 is 0 Å². The number of nitrogen functional groups attached to an aromatic ring is 1. The van der Waals surface area contributed by atoms with E-state index in [1.807, 2.05) is 6.07 Å². The van der Waals surface area contributed by atoms with Crippen LogP contribution in [0.25, 0.3) is 5.95 Å². The third-order valence-electron chi connectivity index (χ3n) is 2.87. The molecule has 2 N–H and O–H groups in total. The lowest BCUT2D eigenvalue weighted by atomic mass is 10.4. The van der Waals surface area contributed by atoms with Crippen LogP contribution in [0.3, 0.4) is 0 Å². The van der Waals surface area contributed by atoms with Crippen LogP contribution in [0.2, 0.25) is 0 Å². The Morgan fingerprint density at radius 2 is 2.05 bits per heavy atom. The molecule has 0 aliphatic carbocycles. The van der Waals surface area contributed by atoms with Gasteiger partial charge in [0.05, 0.1) is 13.2 Å². The van der Waals surface area contributed by atoms with Gasteiger partial charge in [-0.25, -0.2) is 4.68 Å². The van der Waals surface area contributed by atoms with Crippen molar-refractivity contribution in [1.82, 2.24) is 19.7 Å². The fourth-order valence-corrected chi connectivity index (χ4v) is 2.34. The summed E-state index contributed by atoms with van der Waals surface area (Å²) in [5.74, 6) is 1.65. The maximum Gasteiger partial charge on any atom is 0.254 e. The predicted molar refractivity (Wildman–Crippen MR) is 74.3 cm³/mol. The number of ether oxygens (including phenoxy) is 1. The molecule has 7 nitrogen and oxygen atoms in total. The average molecular weight is 325 g/mol. The van der Waals surface area contributed by atoms with Gasteiger partial charge < -0.3 is 15.4 Å². The highest BCUT2D eigenvalue weighted by Crippen LogP contribution is 2.29. The first-order valence-corrected chi connectivity index (χ1v) is 6.71. The molecular formula is C11H13BrN6O. The standard InChI is InChI=1S/C11H13BrN6O/c12-8-9(13)15-11(18-3-1-2-14-18)16-10(8)17-4-6-19-7-5-17/h1-3H,4-7H2,(H2,13,15,16). The van der Waals surface area contributed by atoms with Gasteiger partial charge in [0.25, 0.3) is 5.95 Å². The van der Waals surface area contributed by atoms with Crippen molar-refractivity contribution >= 4 is 27.6 Å². The van der Waals surface area contributed by atoms with E-state index in [2.05, 4.69) is 35.9 Å². The van der Waals surface area contributed by atoms with Crippen LogP contribution < -0.4 is 10.6 Å². The van der Waals surface area contributed by atoms with E-state index in [9.17, 15) is 0 Å². The van der Waals surface area contributed by atoms with Gasteiger partial charge in [-0.05, 0) is 22.0 Å². The van der Waals surface area contributed by atoms with E-state index in [-0.39, 0.29) is 0 Å². The summed E-state index contributed by atoms with van der Waals surface area (Å²) >= 11 is 3.45. The number of halogens is 1. The largest absolute Gasteiger partial charge is 0.383 e. The van der Waals surface area contributed by atoms with Crippen LogP contribution in [-0.4, -0.2) is 46.1 Å². The second kappa shape index (κ2) is 5.14. The lowest BCUT2D eigenvalue weighted by molar-refractivity contribution is 0.122. The first kappa shape index (κ1) is 12.4. The minimum absolute atomic E-state index is 0.405. The molecular weight excluding hydrogens is 312 g/mol. The third kappa shape index (κ3) is 2.41. The summed E-state index contributed by atoms with van der Waals surface area (Å²) < 4.78 is 7.65. The molecule has 0 radical (unpaired) electrons. The minimum Gasteiger partial charge on any atom is -0.383 e. The van der Waals surface area contributed by atoms with Crippen LogP contribution in [0.5, 0.6) is 0 Å². The Labute approximate surface area is 118 Å². The molecule has 1 fully saturated rings. The first-order valence-electron chi connectivity index (χ1n) is 5.91. The number of morpholine rings is 1. The van der Waals surface area contributed by atoms with Crippen molar-refractivity contribution in [2.75, 3.05) is 36.9 Å². The molecule has 3 rings (SSSR count). The molecule has 0 spiro atoms. The highest BCUT2D eigenvalue weighted by atomic mass is 79.9. The van der Waals surface area contributed by atoms with Gasteiger partial charge in [-0.3, -0.25) is 0 Å². The number of hydrogen-bond donors (Lipinski definition) is 1. The predicted octanol–water partition coefficient (Wildman–Crippen LogP) is 0.844. The summed E-state index contributed by atoms with van der Waals surface area (Å²) in [5.41, 5.74) is 5.94. The number of aromatic nitrogens is 4. The monoisotopic (exact) mass is 324 g/mol. The number of anilines is 2. The lowest BCUT2D eigenvalue weighted by Gasteiger charge is -2.28. The Balaban J connectivity index is 2.02. The number of hydrogen-bond acceptors (Lipinski definition) is 6. The molecule has 1 aliphatic rings. The van der Waals surface area contributed by atoms with Crippen molar-refractivity contribution in [2.45, 2.75) is 0 Å². The Morgan fingerprint density at radius 3 is 2.74 bits per heavy atom. The Bertz CT molecular complexity index is 567. The number of rotatable bonds is 2. The topological polar surface area (TPSA) is 82.1 Å². The maximum atomic E-state index is 5.94. The lowest BCUT2D eigenvalue weighted by Crippen LogP contribution is -2.37. The van der Waals surface area contributed by atoms with Gasteiger partial charge in [0, 0.05) is 25.5 Å². The molecule has 8 heteroatoms. The van der Waals surface area contributed by atoms with Gasteiger partial charge in [-0.1, -0.05) is 0 Å². The highest BCUT2D eigenvalue weighted by molar-refractivity contribution is 9.10. The molecule has 0 saturated carbocycles. The molecule has 2 aromatic heterocycles. The zero-order valence-corrected chi connectivity index (χ0v) is 11.7. The van der Waals surface area contributed by atoms with E-state index in [1.165, 1.54) is 0 Å². The third-order valence-corrected chi connectivity index (χ3v) is 3.63. The van der Waals surface area contributed by atoms with E-state index in [0.717, 1.165) is 18.9 Å². The summed E-state index contributed by atoms with van der Waals surface area (Å²) in [5, 5.41) is 4.12. The summed E-state index contributed by atoms with van der Waals surface area (Å²) in [6.45, 7) is 2.95. The molecule has 0 unspecified atom stereocenters. The first-order chi connectivity index (χ1) is 9.25. The van der Waals surface area contributed by atoms with Gasteiger partial charge in [0.15, 0.2) is 5.82 Å². The minimum atomic E-state index is 0.405. The Morgan fingerprint density at radius 1 is 1.26 bits per heavy atom. The van der Waals surface area contributed by atoms with Crippen molar-refractivity contribution in [2.24, 2.45) is 0 Å². The van der Waals surface area contributed by atoms with Gasteiger partial charge in [0.2, 0.25) is 0 Å². The van der Waals surface area contributed by atoms with Crippen molar-refractivity contribution in [3.8, 4) is 5.95 Å². The fourth-order valence-electron chi connectivity index (χ4n) is 1.91. The zero-order valence-electron chi connectivity index (χ0n) is 10.2. The van der Waals surface area contributed by atoms with Crippen LogP contribution in [0.1, 0.15) is 0 Å². The molecule has 0 aromatic carbocycles. The molecule has 0 atom stereocenters. The van der Waals surface area contributed by atoms with E-state index in [4.69, 9.17) is 10.5 Å². The molecule has 1 aliphatic heterocycles. The second-order valence-corrected chi connectivity index (χ2v) is 4.89. The van der Waals surface area contributed by atoms with E-state index in [0.29, 0.717) is 29.5 Å². The van der Waals surface area contributed by atoms with Gasteiger partial charge in [-0.2, -0.15) is 15.1 Å². The number of nitrogens with two attached hydrogens (primary N) is 1. The summed E-state index contributed by atoms with van der Waals surface area (Å²) in [7, 11) is 0. The van der Waals surface area contributed by atoms with Crippen LogP contribution in [0.4, 0.5) is 11.6 Å². The van der Waals surface area contributed by atoms with Gasteiger partial charge in [-0.15, -0.1) is 0 Å². The Kier molecular flexibility index (Phi) is 3.34. The maximum absolute atomic E-state index is 5.94. The second-order valence-electron chi connectivity index (χ2n) is 4.10. The van der Waals surface area contributed by atoms with Crippen molar-refractivity contribution in [3.63, 3.8) is 0 Å². The number of nitrogens with zero attached hydrogens (tertiary/aromatic N) is 5. The molecule has 100 valence electrons. The van der Waals surface area contributed by atoms with E-state index >= 15 is 0 Å². The molecule has 19 heavy (non-hydrogen) atoms. The summed E-state index contributed by atoms with van der Waals surface area (Å²) in [6, 6.07) is 1.82. The average Bonchev–Trinajstić information content (AvgIpc) is 2.97. The SMILES string of the molecule is Nc1nc(-n2cccn2)nc(N2CCOCC2)c1Br. The molecule has 0 bridgehead atoms. The highest BCUT2D eigenvalue weighted by Gasteiger charge is 2.19. The van der Waals surface area contributed by atoms with Crippen molar-refractivity contribution in [3.05, 3.63) is 22.9 Å².